The number of nitrogens with zero attached hydrogens (tertiary/aromatic N) is 3. The molecule has 1 aromatic heterocycles. The highest BCUT2D eigenvalue weighted by Crippen LogP contribution is 2.21. The number of allylic oxidation sites excluding steroid dienone is 1. The third-order valence-electron chi connectivity index (χ3n) is 4.57. The molecule has 3 aromatic rings. The Kier molecular flexibility index (Phi) is 8.65. The van der Waals surface area contributed by atoms with Crippen LogP contribution in [0, 0.1) is 6.92 Å². The average molecular weight is 467 g/mol. The fourth-order valence-electron chi connectivity index (χ4n) is 2.94. The molecule has 0 spiro atoms. The predicted octanol–water partition coefficient (Wildman–Crippen LogP) is 4.26. The first-order valence-electron chi connectivity index (χ1n) is 10.4. The van der Waals surface area contributed by atoms with Crippen LogP contribution in [0.3, 0.4) is 0 Å². The maximum Gasteiger partial charge on any atom is 0.338 e. The number of amides is 1. The number of carbonyl (C=O) groups is 2. The number of aryl methyl sites for hydroxylation is 1. The summed E-state index contributed by atoms with van der Waals surface area (Å²) in [7, 11) is 0. The smallest absolute Gasteiger partial charge is 0.338 e. The summed E-state index contributed by atoms with van der Waals surface area (Å²) in [6.45, 7) is 8.59. The molecule has 0 aliphatic carbocycles. The van der Waals surface area contributed by atoms with Gasteiger partial charge in [0.05, 0.1) is 17.9 Å². The van der Waals surface area contributed by atoms with E-state index >= 15 is 0 Å². The van der Waals surface area contributed by atoms with Gasteiger partial charge in [0, 0.05) is 12.2 Å². The molecule has 1 amide bonds. The van der Waals surface area contributed by atoms with Gasteiger partial charge in [-0.05, 0) is 49.7 Å². The number of hydrogen-bond acceptors (Lipinski definition) is 7. The van der Waals surface area contributed by atoms with E-state index in [0.29, 0.717) is 35.4 Å². The van der Waals surface area contributed by atoms with E-state index in [1.54, 1.807) is 37.3 Å². The molecule has 2 aromatic carbocycles. The first-order chi connectivity index (χ1) is 16.0. The zero-order chi connectivity index (χ0) is 23.6. The maximum absolute atomic E-state index is 12.4. The number of benzene rings is 2. The molecule has 1 N–H and O–H groups in total. The lowest BCUT2D eigenvalue weighted by molar-refractivity contribution is -0.113. The molecule has 0 bridgehead atoms. The third-order valence-corrected chi connectivity index (χ3v) is 5.53. The molecule has 0 unspecified atom stereocenters. The lowest BCUT2D eigenvalue weighted by Crippen LogP contribution is -2.15. The second-order valence-electron chi connectivity index (χ2n) is 6.99. The number of rotatable bonds is 11. The van der Waals surface area contributed by atoms with Crippen molar-refractivity contribution in [3.63, 3.8) is 0 Å². The van der Waals surface area contributed by atoms with Crippen LogP contribution in [0.4, 0.5) is 5.69 Å². The summed E-state index contributed by atoms with van der Waals surface area (Å²) in [5, 5.41) is 11.9. The number of hydrogen-bond donors (Lipinski definition) is 1. The van der Waals surface area contributed by atoms with Gasteiger partial charge in [-0.2, -0.15) is 0 Å². The van der Waals surface area contributed by atoms with Crippen LogP contribution in [-0.4, -0.2) is 39.0 Å². The molecule has 0 saturated heterocycles. The second-order valence-corrected chi connectivity index (χ2v) is 7.93. The van der Waals surface area contributed by atoms with Crippen molar-refractivity contribution >= 4 is 29.3 Å². The largest absolute Gasteiger partial charge is 0.485 e. The average Bonchev–Trinajstić information content (AvgIpc) is 3.19. The number of carbonyl (C=O) groups excluding carboxylic acids is 2. The normalized spacial score (nSPS) is 10.5. The van der Waals surface area contributed by atoms with Crippen molar-refractivity contribution in [2.75, 3.05) is 17.7 Å². The van der Waals surface area contributed by atoms with Gasteiger partial charge in [-0.25, -0.2) is 4.79 Å². The summed E-state index contributed by atoms with van der Waals surface area (Å²) in [6, 6.07) is 14.3. The fourth-order valence-corrected chi connectivity index (χ4v) is 3.70. The minimum absolute atomic E-state index is 0.146. The van der Waals surface area contributed by atoms with E-state index in [9.17, 15) is 9.59 Å². The van der Waals surface area contributed by atoms with Crippen molar-refractivity contribution in [3.8, 4) is 5.75 Å². The van der Waals surface area contributed by atoms with Crippen molar-refractivity contribution in [1.82, 2.24) is 14.8 Å². The minimum Gasteiger partial charge on any atom is -0.485 e. The van der Waals surface area contributed by atoms with Crippen LogP contribution in [0.5, 0.6) is 5.75 Å². The summed E-state index contributed by atoms with van der Waals surface area (Å²) in [4.78, 5) is 24.1. The van der Waals surface area contributed by atoms with Gasteiger partial charge in [-0.3, -0.25) is 9.36 Å². The van der Waals surface area contributed by atoms with E-state index in [4.69, 9.17) is 9.47 Å². The summed E-state index contributed by atoms with van der Waals surface area (Å²) < 4.78 is 12.7. The lowest BCUT2D eigenvalue weighted by Gasteiger charge is -2.10. The first-order valence-corrected chi connectivity index (χ1v) is 11.4. The van der Waals surface area contributed by atoms with Crippen LogP contribution in [0.1, 0.15) is 28.7 Å². The number of thioether (sulfide) groups is 1. The molecule has 1 heterocycles. The van der Waals surface area contributed by atoms with Crippen LogP contribution >= 0.6 is 11.8 Å². The molecule has 0 aliphatic heterocycles. The first kappa shape index (κ1) is 24.1. The van der Waals surface area contributed by atoms with Crippen LogP contribution < -0.4 is 10.1 Å². The molecule has 33 heavy (non-hydrogen) atoms. The number of ether oxygens (including phenoxy) is 2. The van der Waals surface area contributed by atoms with Gasteiger partial charge >= 0.3 is 5.97 Å². The molecule has 8 nitrogen and oxygen atoms in total. The molecule has 0 aliphatic rings. The molecule has 0 fully saturated rings. The Labute approximate surface area is 197 Å². The van der Waals surface area contributed by atoms with Crippen molar-refractivity contribution < 1.29 is 19.1 Å². The van der Waals surface area contributed by atoms with E-state index in [-0.39, 0.29) is 18.3 Å². The number of para-hydroxylation sites is 1. The summed E-state index contributed by atoms with van der Waals surface area (Å²) in [6.07, 6.45) is 1.75. The molecular weight excluding hydrogens is 440 g/mol. The second kappa shape index (κ2) is 11.9. The summed E-state index contributed by atoms with van der Waals surface area (Å²) in [5.41, 5.74) is 2.06. The highest BCUT2D eigenvalue weighted by Gasteiger charge is 2.15. The highest BCUT2D eigenvalue weighted by atomic mass is 32.2. The Hall–Kier alpha value is -3.59. The van der Waals surface area contributed by atoms with E-state index < -0.39 is 5.97 Å². The lowest BCUT2D eigenvalue weighted by atomic mass is 10.2. The van der Waals surface area contributed by atoms with Crippen LogP contribution in [0.25, 0.3) is 0 Å². The van der Waals surface area contributed by atoms with E-state index in [1.807, 2.05) is 35.8 Å². The molecule has 172 valence electrons. The number of esters is 1. The molecule has 0 radical (unpaired) electrons. The number of anilines is 1. The standard InChI is InChI=1S/C24H26N4O4S/c1-4-14-28-21(15-32-20-9-7-6-8-17(20)3)26-27-24(28)33-16-22(29)25-19-12-10-18(11-13-19)23(30)31-5-2/h4,6-13H,1,5,14-16H2,2-3H3,(H,25,29). The summed E-state index contributed by atoms with van der Waals surface area (Å²) >= 11 is 1.27. The fraction of sp³-hybridized carbons (Fsp3) is 0.250. The highest BCUT2D eigenvalue weighted by molar-refractivity contribution is 7.99. The Balaban J connectivity index is 1.57. The van der Waals surface area contributed by atoms with Crippen LogP contribution in [0.15, 0.2) is 66.3 Å². The Bertz CT molecular complexity index is 1110. The zero-order valence-electron chi connectivity index (χ0n) is 18.6. The monoisotopic (exact) mass is 466 g/mol. The van der Waals surface area contributed by atoms with Crippen molar-refractivity contribution in [2.24, 2.45) is 0 Å². The molecule has 9 heteroatoms. The Morgan fingerprint density at radius 1 is 1.15 bits per heavy atom. The van der Waals surface area contributed by atoms with Gasteiger partial charge < -0.3 is 14.8 Å². The zero-order valence-corrected chi connectivity index (χ0v) is 19.4. The molecule has 0 saturated carbocycles. The predicted molar refractivity (Wildman–Crippen MR) is 127 cm³/mol. The minimum atomic E-state index is -0.394. The van der Waals surface area contributed by atoms with E-state index in [2.05, 4.69) is 22.1 Å². The van der Waals surface area contributed by atoms with E-state index in [0.717, 1.165) is 11.3 Å². The van der Waals surface area contributed by atoms with Gasteiger partial charge in [-0.15, -0.1) is 16.8 Å². The van der Waals surface area contributed by atoms with Crippen LogP contribution in [-0.2, 0) is 22.7 Å². The Morgan fingerprint density at radius 2 is 1.91 bits per heavy atom. The molecule has 0 atom stereocenters. The number of nitrogens with one attached hydrogen (secondary N) is 1. The van der Waals surface area contributed by atoms with Crippen molar-refractivity contribution in [1.29, 1.82) is 0 Å². The van der Waals surface area contributed by atoms with E-state index in [1.165, 1.54) is 11.8 Å². The van der Waals surface area contributed by atoms with Gasteiger partial charge in [0.1, 0.15) is 12.4 Å². The molecule has 3 rings (SSSR count). The third kappa shape index (κ3) is 6.69. The van der Waals surface area contributed by atoms with Crippen molar-refractivity contribution in [2.45, 2.75) is 32.2 Å². The van der Waals surface area contributed by atoms with Gasteiger partial charge in [0.15, 0.2) is 11.0 Å². The maximum atomic E-state index is 12.4. The van der Waals surface area contributed by atoms with Gasteiger partial charge in [-0.1, -0.05) is 36.0 Å². The van der Waals surface area contributed by atoms with Crippen LogP contribution in [0.2, 0.25) is 0 Å². The van der Waals surface area contributed by atoms with Gasteiger partial charge in [0.25, 0.3) is 0 Å². The topological polar surface area (TPSA) is 95.3 Å². The quantitative estimate of drug-likeness (QED) is 0.256. The number of aromatic nitrogens is 3. The Morgan fingerprint density at radius 3 is 2.61 bits per heavy atom. The van der Waals surface area contributed by atoms with Gasteiger partial charge in [0.2, 0.25) is 5.91 Å². The SMILES string of the molecule is C=CCn1c(COc2ccccc2C)nnc1SCC(=O)Nc1ccc(C(=O)OCC)cc1. The van der Waals surface area contributed by atoms with Crippen molar-refractivity contribution in [3.05, 3.63) is 78.1 Å². The summed E-state index contributed by atoms with van der Waals surface area (Å²) in [5.74, 6) is 0.987. The molecular formula is C24H26N4O4S.